The van der Waals surface area contributed by atoms with Crippen molar-refractivity contribution >= 4 is 10.0 Å². The number of hydrogen-bond acceptors (Lipinski definition) is 2. The Kier molecular flexibility index (Phi) is 1.80. The van der Waals surface area contributed by atoms with E-state index in [0.717, 1.165) is 6.42 Å². The number of hydrogen-bond donors (Lipinski definition) is 0. The van der Waals surface area contributed by atoms with E-state index in [0.29, 0.717) is 0 Å². The van der Waals surface area contributed by atoms with Gasteiger partial charge in [0.15, 0.2) is 0 Å². The van der Waals surface area contributed by atoms with Gasteiger partial charge < -0.3 is 0 Å². The lowest BCUT2D eigenvalue weighted by atomic mass is 10.2. The van der Waals surface area contributed by atoms with Gasteiger partial charge in [-0.15, -0.1) is 0 Å². The second kappa shape index (κ2) is 2.20. The largest absolute Gasteiger partial charge is 0.213 e. The molecule has 0 saturated heterocycles. The van der Waals surface area contributed by atoms with Crippen LogP contribution in [-0.4, -0.2) is 32.1 Å². The van der Waals surface area contributed by atoms with E-state index in [2.05, 4.69) is 13.8 Å². The summed E-state index contributed by atoms with van der Waals surface area (Å²) in [5.74, 6) is 0. The minimum absolute atomic E-state index is 0.192. The Morgan fingerprint density at radius 2 is 1.82 bits per heavy atom. The molecule has 1 unspecified atom stereocenters. The highest BCUT2D eigenvalue weighted by atomic mass is 32.2. The second-order valence-electron chi connectivity index (χ2n) is 3.99. The summed E-state index contributed by atoms with van der Waals surface area (Å²) in [6.45, 7) is 4.17. The molecular weight excluding hydrogens is 162 g/mol. The summed E-state index contributed by atoms with van der Waals surface area (Å²) in [4.78, 5) is 0. The highest BCUT2D eigenvalue weighted by molar-refractivity contribution is 7.88. The van der Waals surface area contributed by atoms with Gasteiger partial charge in [-0.2, -0.15) is 0 Å². The first-order valence-electron chi connectivity index (χ1n) is 3.68. The van der Waals surface area contributed by atoms with E-state index in [1.807, 2.05) is 0 Å². The zero-order valence-electron chi connectivity index (χ0n) is 7.46. The summed E-state index contributed by atoms with van der Waals surface area (Å²) in [7, 11) is -1.33. The Balaban J connectivity index is 2.67. The van der Waals surface area contributed by atoms with Gasteiger partial charge in [-0.25, -0.2) is 12.7 Å². The Labute approximate surface area is 68.4 Å². The van der Waals surface area contributed by atoms with Crippen molar-refractivity contribution in [3.8, 4) is 0 Å². The van der Waals surface area contributed by atoms with Gasteiger partial charge in [0.05, 0.1) is 6.26 Å². The summed E-state index contributed by atoms with van der Waals surface area (Å²) >= 11 is 0. The van der Waals surface area contributed by atoms with Crippen molar-refractivity contribution in [2.24, 2.45) is 5.41 Å². The molecule has 1 rings (SSSR count). The van der Waals surface area contributed by atoms with Crippen molar-refractivity contribution in [3.05, 3.63) is 0 Å². The SMILES string of the molecule is CN(C1CC1(C)C)S(C)(=O)=O. The molecule has 1 fully saturated rings. The average molecular weight is 177 g/mol. The number of rotatable bonds is 2. The Bertz CT molecular complexity index is 256. The first kappa shape index (κ1) is 9.00. The highest BCUT2D eigenvalue weighted by Gasteiger charge is 2.50. The molecule has 0 amide bonds. The number of sulfonamides is 1. The summed E-state index contributed by atoms with van der Waals surface area (Å²) in [6, 6.07) is 0.220. The molecule has 4 heteroatoms. The van der Waals surface area contributed by atoms with Crippen LogP contribution in [0.1, 0.15) is 20.3 Å². The van der Waals surface area contributed by atoms with Crippen molar-refractivity contribution in [2.45, 2.75) is 26.3 Å². The Hall–Kier alpha value is -0.0900. The predicted molar refractivity (Wildman–Crippen MR) is 44.8 cm³/mol. The smallest absolute Gasteiger partial charge is 0.211 e. The van der Waals surface area contributed by atoms with Gasteiger partial charge in [0, 0.05) is 13.1 Å². The van der Waals surface area contributed by atoms with Gasteiger partial charge in [-0.05, 0) is 11.8 Å². The van der Waals surface area contributed by atoms with E-state index in [4.69, 9.17) is 0 Å². The molecule has 0 radical (unpaired) electrons. The maximum Gasteiger partial charge on any atom is 0.211 e. The number of nitrogens with zero attached hydrogens (tertiary/aromatic N) is 1. The van der Waals surface area contributed by atoms with Crippen molar-refractivity contribution in [1.29, 1.82) is 0 Å². The fourth-order valence-electron chi connectivity index (χ4n) is 1.29. The van der Waals surface area contributed by atoms with E-state index in [9.17, 15) is 8.42 Å². The minimum Gasteiger partial charge on any atom is -0.213 e. The summed E-state index contributed by atoms with van der Waals surface area (Å²) in [6.07, 6.45) is 2.23. The normalized spacial score (nSPS) is 29.0. The van der Waals surface area contributed by atoms with Gasteiger partial charge in [0.1, 0.15) is 0 Å². The lowest BCUT2D eigenvalue weighted by Crippen LogP contribution is -2.30. The third kappa shape index (κ3) is 1.73. The van der Waals surface area contributed by atoms with Crippen LogP contribution in [0.4, 0.5) is 0 Å². The molecule has 0 bridgehead atoms. The first-order chi connectivity index (χ1) is 4.75. The zero-order chi connectivity index (χ0) is 8.86. The van der Waals surface area contributed by atoms with Gasteiger partial charge in [-0.1, -0.05) is 13.8 Å². The van der Waals surface area contributed by atoms with Crippen LogP contribution in [0.3, 0.4) is 0 Å². The molecule has 0 heterocycles. The quantitative estimate of drug-likeness (QED) is 0.622. The molecule has 1 saturated carbocycles. The molecule has 0 aromatic carbocycles. The summed E-state index contributed by atoms with van der Waals surface area (Å²) in [5, 5.41) is 0. The topological polar surface area (TPSA) is 37.4 Å². The van der Waals surface area contributed by atoms with Gasteiger partial charge in [-0.3, -0.25) is 0 Å². The van der Waals surface area contributed by atoms with Gasteiger partial charge in [0.2, 0.25) is 10.0 Å². The van der Waals surface area contributed by atoms with Gasteiger partial charge in [0.25, 0.3) is 0 Å². The van der Waals surface area contributed by atoms with E-state index < -0.39 is 10.0 Å². The molecule has 0 aromatic heterocycles. The lowest BCUT2D eigenvalue weighted by Gasteiger charge is -2.15. The second-order valence-corrected chi connectivity index (χ2v) is 6.03. The highest BCUT2D eigenvalue weighted by Crippen LogP contribution is 2.48. The van der Waals surface area contributed by atoms with Crippen molar-refractivity contribution in [3.63, 3.8) is 0 Å². The third-order valence-electron chi connectivity index (χ3n) is 2.42. The standard InChI is InChI=1S/C7H15NO2S/c1-7(2)5-6(7)8(3)11(4,9)10/h6H,5H2,1-4H3. The summed E-state index contributed by atoms with van der Waals surface area (Å²) < 4.78 is 23.5. The molecule has 0 spiro atoms. The van der Waals surface area contributed by atoms with Crippen molar-refractivity contribution < 1.29 is 8.42 Å². The molecule has 1 aliphatic rings. The van der Waals surface area contributed by atoms with Crippen LogP contribution in [0, 0.1) is 5.41 Å². The molecule has 0 aromatic rings. The maximum absolute atomic E-state index is 11.0. The van der Waals surface area contributed by atoms with Crippen LogP contribution in [0.15, 0.2) is 0 Å². The van der Waals surface area contributed by atoms with E-state index >= 15 is 0 Å². The monoisotopic (exact) mass is 177 g/mol. The zero-order valence-corrected chi connectivity index (χ0v) is 8.27. The third-order valence-corrected chi connectivity index (χ3v) is 3.72. The molecule has 66 valence electrons. The lowest BCUT2D eigenvalue weighted by molar-refractivity contribution is 0.416. The van der Waals surface area contributed by atoms with Crippen LogP contribution >= 0.6 is 0 Å². The Morgan fingerprint density at radius 3 is 1.91 bits per heavy atom. The van der Waals surface area contributed by atoms with Crippen molar-refractivity contribution in [1.82, 2.24) is 4.31 Å². The van der Waals surface area contributed by atoms with Crippen LogP contribution < -0.4 is 0 Å². The molecule has 0 N–H and O–H groups in total. The van der Waals surface area contributed by atoms with Crippen LogP contribution in [0.25, 0.3) is 0 Å². The Morgan fingerprint density at radius 1 is 1.45 bits per heavy atom. The van der Waals surface area contributed by atoms with E-state index in [-0.39, 0.29) is 11.5 Å². The molecule has 0 aliphatic heterocycles. The average Bonchev–Trinajstić information content (AvgIpc) is 2.36. The van der Waals surface area contributed by atoms with Gasteiger partial charge >= 0.3 is 0 Å². The molecule has 1 atom stereocenters. The molecule has 11 heavy (non-hydrogen) atoms. The molecule has 1 aliphatic carbocycles. The fraction of sp³-hybridized carbons (Fsp3) is 1.00. The van der Waals surface area contributed by atoms with Crippen LogP contribution in [0.5, 0.6) is 0 Å². The fourth-order valence-corrected chi connectivity index (χ4v) is 2.11. The molecular formula is C7H15NO2S. The van der Waals surface area contributed by atoms with Crippen LogP contribution in [-0.2, 0) is 10.0 Å². The van der Waals surface area contributed by atoms with E-state index in [1.54, 1.807) is 7.05 Å². The maximum atomic E-state index is 11.0. The van der Waals surface area contributed by atoms with Crippen molar-refractivity contribution in [2.75, 3.05) is 13.3 Å². The minimum atomic E-state index is -2.98. The first-order valence-corrected chi connectivity index (χ1v) is 5.53. The summed E-state index contributed by atoms with van der Waals surface area (Å²) in [5.41, 5.74) is 0.192. The predicted octanol–water partition coefficient (Wildman–Crippen LogP) is 0.676. The molecule has 3 nitrogen and oxygen atoms in total. The van der Waals surface area contributed by atoms with Crippen LogP contribution in [0.2, 0.25) is 0 Å². The van der Waals surface area contributed by atoms with E-state index in [1.165, 1.54) is 10.6 Å².